The van der Waals surface area contributed by atoms with Gasteiger partial charge in [0, 0.05) is 33.5 Å². The summed E-state index contributed by atoms with van der Waals surface area (Å²) in [7, 11) is 0. The van der Waals surface area contributed by atoms with Crippen molar-refractivity contribution in [2.75, 3.05) is 0 Å². The van der Waals surface area contributed by atoms with E-state index in [4.69, 9.17) is 9.97 Å². The van der Waals surface area contributed by atoms with Crippen LogP contribution in [0.1, 0.15) is 11.1 Å². The molecular formula is C44H29N3. The van der Waals surface area contributed by atoms with Crippen molar-refractivity contribution in [1.29, 1.82) is 0 Å². The van der Waals surface area contributed by atoms with Gasteiger partial charge in [-0.3, -0.25) is 4.57 Å². The fraction of sp³-hybridized carbons (Fsp3) is 0.0455. The Bertz CT molecular complexity index is 2610. The molecule has 47 heavy (non-hydrogen) atoms. The van der Waals surface area contributed by atoms with E-state index in [9.17, 15) is 0 Å². The highest BCUT2D eigenvalue weighted by atomic mass is 15.1. The molecule has 0 amide bonds. The zero-order valence-corrected chi connectivity index (χ0v) is 25.7. The summed E-state index contributed by atoms with van der Waals surface area (Å²) in [6, 6.07) is 54.5. The highest BCUT2D eigenvalue weighted by Crippen LogP contribution is 2.46. The molecule has 0 atom stereocenters. The van der Waals surface area contributed by atoms with Crippen molar-refractivity contribution in [3.63, 3.8) is 0 Å². The van der Waals surface area contributed by atoms with Crippen LogP contribution in [-0.4, -0.2) is 14.5 Å². The first-order valence-electron chi connectivity index (χ1n) is 16.3. The molecule has 0 fully saturated rings. The molecule has 0 bridgehead atoms. The molecule has 2 aromatic heterocycles. The molecule has 1 aliphatic rings. The van der Waals surface area contributed by atoms with E-state index in [-0.39, 0.29) is 0 Å². The van der Waals surface area contributed by atoms with E-state index in [1.165, 1.54) is 60.1 Å². The third kappa shape index (κ3) is 4.06. The zero-order valence-electron chi connectivity index (χ0n) is 25.7. The van der Waals surface area contributed by atoms with E-state index in [0.29, 0.717) is 5.82 Å². The van der Waals surface area contributed by atoms with Crippen molar-refractivity contribution in [2.24, 2.45) is 0 Å². The first-order valence-corrected chi connectivity index (χ1v) is 16.3. The molecule has 0 N–H and O–H groups in total. The van der Waals surface area contributed by atoms with Gasteiger partial charge in [0.2, 0.25) is 0 Å². The standard InChI is InChI=1S/C44H29N3/c1-3-12-29(13-4-1)39-27-41(46-44(45-39)31-14-5-2-6-15-31)47-40-26-33-17-8-7-16-32(33)25-38(40)37-24-21-30-20-22-35-34-18-10-9-11-28(34)19-23-36(35)42(30)43(37)47/h1-19,21,23-27H,20,22H2. The van der Waals surface area contributed by atoms with Crippen molar-refractivity contribution in [2.45, 2.75) is 12.8 Å². The number of hydrogen-bond acceptors (Lipinski definition) is 2. The van der Waals surface area contributed by atoms with Gasteiger partial charge in [-0.25, -0.2) is 9.97 Å². The first kappa shape index (κ1) is 26.2. The maximum Gasteiger partial charge on any atom is 0.162 e. The van der Waals surface area contributed by atoms with E-state index in [1.54, 1.807) is 0 Å². The molecule has 0 saturated carbocycles. The lowest BCUT2D eigenvalue weighted by Crippen LogP contribution is -2.08. The molecule has 0 saturated heterocycles. The zero-order chi connectivity index (χ0) is 30.9. The topological polar surface area (TPSA) is 30.7 Å². The minimum atomic E-state index is 0.717. The largest absolute Gasteiger partial charge is 0.293 e. The average molecular weight is 600 g/mol. The Labute approximate surface area is 272 Å². The van der Waals surface area contributed by atoms with Crippen LogP contribution in [0.3, 0.4) is 0 Å². The monoisotopic (exact) mass is 599 g/mol. The summed E-state index contributed by atoms with van der Waals surface area (Å²) in [6.45, 7) is 0. The quantitative estimate of drug-likeness (QED) is 0.202. The van der Waals surface area contributed by atoms with Gasteiger partial charge in [-0.05, 0) is 63.2 Å². The van der Waals surface area contributed by atoms with Gasteiger partial charge in [0.05, 0.1) is 16.7 Å². The van der Waals surface area contributed by atoms with Gasteiger partial charge in [-0.15, -0.1) is 0 Å². The summed E-state index contributed by atoms with van der Waals surface area (Å²) >= 11 is 0. The minimum Gasteiger partial charge on any atom is -0.293 e. The molecule has 10 rings (SSSR count). The smallest absolute Gasteiger partial charge is 0.162 e. The summed E-state index contributed by atoms with van der Waals surface area (Å²) in [5.74, 6) is 1.59. The first-order chi connectivity index (χ1) is 23.3. The van der Waals surface area contributed by atoms with Crippen LogP contribution < -0.4 is 0 Å². The highest BCUT2D eigenvalue weighted by molar-refractivity contribution is 6.18. The normalized spacial score (nSPS) is 12.5. The van der Waals surface area contributed by atoms with Crippen LogP contribution in [0.15, 0.2) is 152 Å². The molecule has 9 aromatic rings. The Kier molecular flexibility index (Phi) is 5.70. The van der Waals surface area contributed by atoms with Gasteiger partial charge in [-0.1, -0.05) is 133 Å². The summed E-state index contributed by atoms with van der Waals surface area (Å²) in [6.07, 6.45) is 2.03. The Morgan fingerprint density at radius 2 is 1.19 bits per heavy atom. The molecule has 3 heteroatoms. The SMILES string of the molecule is c1ccc(-c2cc(-n3c4cc5ccccc5cc4c4ccc5c(c43)-c3ccc4ccccc4c3CC5)nc(-c3ccccc3)n2)cc1. The van der Waals surface area contributed by atoms with Crippen LogP contribution in [0.5, 0.6) is 0 Å². The second kappa shape index (κ2) is 10.2. The molecule has 0 radical (unpaired) electrons. The van der Waals surface area contributed by atoms with Crippen LogP contribution >= 0.6 is 0 Å². The Morgan fingerprint density at radius 3 is 2.00 bits per heavy atom. The summed E-state index contributed by atoms with van der Waals surface area (Å²) < 4.78 is 2.42. The van der Waals surface area contributed by atoms with Crippen molar-refractivity contribution in [1.82, 2.24) is 14.5 Å². The molecule has 0 aliphatic heterocycles. The second-order valence-corrected chi connectivity index (χ2v) is 12.5. The lowest BCUT2D eigenvalue weighted by Gasteiger charge is -2.24. The van der Waals surface area contributed by atoms with Crippen LogP contribution in [0.4, 0.5) is 0 Å². The molecule has 3 nitrogen and oxygen atoms in total. The number of nitrogens with zero attached hydrogens (tertiary/aromatic N) is 3. The molecule has 1 aliphatic carbocycles. The Morgan fingerprint density at radius 1 is 0.489 bits per heavy atom. The Balaban J connectivity index is 1.37. The predicted octanol–water partition coefficient (Wildman–Crippen LogP) is 11.0. The van der Waals surface area contributed by atoms with Crippen LogP contribution in [0, 0.1) is 0 Å². The van der Waals surface area contributed by atoms with Crippen molar-refractivity contribution in [3.8, 4) is 39.6 Å². The average Bonchev–Trinajstić information content (AvgIpc) is 3.47. The van der Waals surface area contributed by atoms with Gasteiger partial charge < -0.3 is 0 Å². The highest BCUT2D eigenvalue weighted by Gasteiger charge is 2.26. The molecule has 2 heterocycles. The molecule has 220 valence electrons. The number of rotatable bonds is 3. The lowest BCUT2D eigenvalue weighted by molar-refractivity contribution is 0.950. The van der Waals surface area contributed by atoms with Gasteiger partial charge in [-0.2, -0.15) is 0 Å². The number of fused-ring (bicyclic) bond motifs is 10. The Hall–Kier alpha value is -6.06. The van der Waals surface area contributed by atoms with Gasteiger partial charge in [0.25, 0.3) is 0 Å². The fourth-order valence-electron chi connectivity index (χ4n) is 7.70. The van der Waals surface area contributed by atoms with Crippen LogP contribution in [0.25, 0.3) is 82.9 Å². The van der Waals surface area contributed by atoms with Crippen LogP contribution in [-0.2, 0) is 12.8 Å². The number of aromatic nitrogens is 3. The molecule has 7 aromatic carbocycles. The van der Waals surface area contributed by atoms with Crippen LogP contribution in [0.2, 0.25) is 0 Å². The molecule has 0 unspecified atom stereocenters. The van der Waals surface area contributed by atoms with E-state index >= 15 is 0 Å². The maximum absolute atomic E-state index is 5.36. The maximum atomic E-state index is 5.36. The summed E-state index contributed by atoms with van der Waals surface area (Å²) in [5.41, 5.74) is 10.8. The summed E-state index contributed by atoms with van der Waals surface area (Å²) in [4.78, 5) is 10.5. The van der Waals surface area contributed by atoms with Crippen molar-refractivity contribution < 1.29 is 0 Å². The summed E-state index contributed by atoms with van der Waals surface area (Å²) in [5, 5.41) is 7.57. The van der Waals surface area contributed by atoms with Crippen molar-refractivity contribution in [3.05, 3.63) is 163 Å². The fourth-order valence-corrected chi connectivity index (χ4v) is 7.70. The predicted molar refractivity (Wildman–Crippen MR) is 195 cm³/mol. The number of aryl methyl sites for hydroxylation is 2. The third-order valence-electron chi connectivity index (χ3n) is 9.88. The second-order valence-electron chi connectivity index (χ2n) is 12.5. The number of hydrogen-bond donors (Lipinski definition) is 0. The number of benzene rings is 7. The molecule has 0 spiro atoms. The van der Waals surface area contributed by atoms with E-state index in [0.717, 1.165) is 41.0 Å². The van der Waals surface area contributed by atoms with Gasteiger partial charge in [0.15, 0.2) is 5.82 Å². The van der Waals surface area contributed by atoms with E-state index in [1.807, 2.05) is 6.07 Å². The third-order valence-corrected chi connectivity index (χ3v) is 9.88. The van der Waals surface area contributed by atoms with Gasteiger partial charge in [0.1, 0.15) is 5.82 Å². The lowest BCUT2D eigenvalue weighted by atomic mass is 9.82. The molecular weight excluding hydrogens is 571 g/mol. The van der Waals surface area contributed by atoms with Gasteiger partial charge >= 0.3 is 0 Å². The van der Waals surface area contributed by atoms with E-state index < -0.39 is 0 Å². The minimum absolute atomic E-state index is 0.717. The van der Waals surface area contributed by atoms with E-state index in [2.05, 4.69) is 150 Å². The van der Waals surface area contributed by atoms with Crippen molar-refractivity contribution >= 4 is 43.4 Å².